The van der Waals surface area contributed by atoms with E-state index in [1.807, 2.05) is 13.8 Å². The fourth-order valence-electron chi connectivity index (χ4n) is 2.23. The van der Waals surface area contributed by atoms with Crippen LogP contribution < -0.4 is 11.1 Å². The first-order chi connectivity index (χ1) is 8.48. The molecular weight excluding hydrogens is 230 g/mol. The molecule has 18 heavy (non-hydrogen) atoms. The molecule has 5 heteroatoms. The lowest BCUT2D eigenvalue weighted by molar-refractivity contribution is -0.0615. The van der Waals surface area contributed by atoms with Crippen molar-refractivity contribution in [2.45, 2.75) is 38.3 Å². The summed E-state index contributed by atoms with van der Waals surface area (Å²) < 4.78 is 5.62. The number of carbonyl (C=O) groups is 1. The van der Waals surface area contributed by atoms with Crippen LogP contribution in [0.5, 0.6) is 0 Å². The normalized spacial score (nSPS) is 22.4. The van der Waals surface area contributed by atoms with Gasteiger partial charge in [0.1, 0.15) is 5.82 Å². The van der Waals surface area contributed by atoms with Gasteiger partial charge in [0, 0.05) is 18.8 Å². The second kappa shape index (κ2) is 4.94. The molecule has 1 saturated heterocycles. The van der Waals surface area contributed by atoms with Gasteiger partial charge in [0.15, 0.2) is 0 Å². The lowest BCUT2D eigenvalue weighted by Gasteiger charge is -2.35. The average molecular weight is 249 g/mol. The molecule has 0 aliphatic carbocycles. The predicted octanol–water partition coefficient (Wildman–Crippen LogP) is 1.35. The van der Waals surface area contributed by atoms with Crippen molar-refractivity contribution in [1.82, 2.24) is 10.3 Å². The zero-order valence-electron chi connectivity index (χ0n) is 10.8. The molecule has 1 aliphatic rings. The molecule has 1 fully saturated rings. The van der Waals surface area contributed by atoms with Gasteiger partial charge in [-0.3, -0.25) is 4.79 Å². The fourth-order valence-corrected chi connectivity index (χ4v) is 2.23. The van der Waals surface area contributed by atoms with Gasteiger partial charge in [0.25, 0.3) is 5.91 Å². The molecule has 0 aromatic carbocycles. The van der Waals surface area contributed by atoms with Crippen molar-refractivity contribution in [2.24, 2.45) is 0 Å². The third-order valence-corrected chi connectivity index (χ3v) is 3.12. The molecule has 1 atom stereocenters. The number of anilines is 1. The van der Waals surface area contributed by atoms with E-state index in [0.29, 0.717) is 12.2 Å². The van der Waals surface area contributed by atoms with E-state index in [1.165, 1.54) is 0 Å². The fraction of sp³-hybridized carbons (Fsp3) is 0.538. The number of hydrogen-bond acceptors (Lipinski definition) is 4. The SMILES string of the molecule is CC1(C)CC(NC(=O)c2cccnc2N)CCO1. The van der Waals surface area contributed by atoms with Crippen LogP contribution >= 0.6 is 0 Å². The van der Waals surface area contributed by atoms with Crippen LogP contribution in [-0.2, 0) is 4.74 Å². The van der Waals surface area contributed by atoms with E-state index in [2.05, 4.69) is 10.3 Å². The maximum Gasteiger partial charge on any atom is 0.255 e. The number of rotatable bonds is 2. The van der Waals surface area contributed by atoms with Gasteiger partial charge >= 0.3 is 0 Å². The van der Waals surface area contributed by atoms with Crippen molar-refractivity contribution in [3.63, 3.8) is 0 Å². The van der Waals surface area contributed by atoms with E-state index in [0.717, 1.165) is 12.8 Å². The number of nitrogens with two attached hydrogens (primary N) is 1. The summed E-state index contributed by atoms with van der Waals surface area (Å²) in [6.45, 7) is 4.73. The second-order valence-corrected chi connectivity index (χ2v) is 5.21. The molecule has 1 aromatic heterocycles. The number of carbonyl (C=O) groups excluding carboxylic acids is 1. The summed E-state index contributed by atoms with van der Waals surface area (Å²) in [6, 6.07) is 3.52. The summed E-state index contributed by atoms with van der Waals surface area (Å²) in [5, 5.41) is 2.99. The predicted molar refractivity (Wildman–Crippen MR) is 69.2 cm³/mol. The number of pyridine rings is 1. The maximum atomic E-state index is 12.1. The molecule has 0 radical (unpaired) electrons. The summed E-state index contributed by atoms with van der Waals surface area (Å²) in [5.41, 5.74) is 5.93. The molecular formula is C13H19N3O2. The molecule has 0 saturated carbocycles. The third-order valence-electron chi connectivity index (χ3n) is 3.12. The highest BCUT2D eigenvalue weighted by Crippen LogP contribution is 2.24. The Hall–Kier alpha value is -1.62. The van der Waals surface area contributed by atoms with E-state index in [4.69, 9.17) is 10.5 Å². The van der Waals surface area contributed by atoms with E-state index >= 15 is 0 Å². The molecule has 2 heterocycles. The maximum absolute atomic E-state index is 12.1. The number of nitrogens with one attached hydrogen (secondary N) is 1. The van der Waals surface area contributed by atoms with Gasteiger partial charge in [-0.15, -0.1) is 0 Å². The zero-order chi connectivity index (χ0) is 13.2. The van der Waals surface area contributed by atoms with Crippen molar-refractivity contribution in [3.05, 3.63) is 23.9 Å². The van der Waals surface area contributed by atoms with Crippen LogP contribution in [0.1, 0.15) is 37.0 Å². The number of hydrogen-bond donors (Lipinski definition) is 2. The number of amides is 1. The lowest BCUT2D eigenvalue weighted by Crippen LogP contribution is -2.45. The first kappa shape index (κ1) is 12.8. The van der Waals surface area contributed by atoms with Crippen LogP contribution in [0.2, 0.25) is 0 Å². The van der Waals surface area contributed by atoms with Gasteiger partial charge in [-0.2, -0.15) is 0 Å². The number of nitrogens with zero attached hydrogens (tertiary/aromatic N) is 1. The molecule has 5 nitrogen and oxygen atoms in total. The number of aromatic nitrogens is 1. The van der Waals surface area contributed by atoms with Gasteiger partial charge < -0.3 is 15.8 Å². The quantitative estimate of drug-likeness (QED) is 0.829. The zero-order valence-corrected chi connectivity index (χ0v) is 10.8. The largest absolute Gasteiger partial charge is 0.383 e. The smallest absolute Gasteiger partial charge is 0.255 e. The summed E-state index contributed by atoms with van der Waals surface area (Å²) in [7, 11) is 0. The van der Waals surface area contributed by atoms with E-state index in [-0.39, 0.29) is 23.4 Å². The summed E-state index contributed by atoms with van der Waals surface area (Å²) >= 11 is 0. The van der Waals surface area contributed by atoms with Crippen LogP contribution in [-0.4, -0.2) is 29.1 Å². The van der Waals surface area contributed by atoms with Crippen molar-refractivity contribution in [1.29, 1.82) is 0 Å². The van der Waals surface area contributed by atoms with Crippen LogP contribution in [0.3, 0.4) is 0 Å². The van der Waals surface area contributed by atoms with Gasteiger partial charge in [0.05, 0.1) is 11.2 Å². The minimum absolute atomic E-state index is 0.126. The Morgan fingerprint density at radius 1 is 1.61 bits per heavy atom. The highest BCUT2D eigenvalue weighted by Gasteiger charge is 2.30. The third kappa shape index (κ3) is 2.98. The molecule has 2 rings (SSSR count). The molecule has 3 N–H and O–H groups in total. The highest BCUT2D eigenvalue weighted by atomic mass is 16.5. The molecule has 0 spiro atoms. The van der Waals surface area contributed by atoms with Crippen molar-refractivity contribution >= 4 is 11.7 Å². The van der Waals surface area contributed by atoms with Crippen LogP contribution in [0.25, 0.3) is 0 Å². The lowest BCUT2D eigenvalue weighted by atomic mass is 9.94. The monoisotopic (exact) mass is 249 g/mol. The summed E-state index contributed by atoms with van der Waals surface area (Å²) in [6.07, 6.45) is 3.21. The number of nitrogen functional groups attached to an aromatic ring is 1. The standard InChI is InChI=1S/C13H19N3O2/c1-13(2)8-9(5-7-18-13)16-12(17)10-4-3-6-15-11(10)14/h3-4,6,9H,5,7-8H2,1-2H3,(H2,14,15)(H,16,17). The highest BCUT2D eigenvalue weighted by molar-refractivity contribution is 5.98. The van der Waals surface area contributed by atoms with Crippen LogP contribution in [0.4, 0.5) is 5.82 Å². The summed E-state index contributed by atoms with van der Waals surface area (Å²) in [4.78, 5) is 16.0. The first-order valence-corrected chi connectivity index (χ1v) is 6.13. The topological polar surface area (TPSA) is 77.2 Å². The Bertz CT molecular complexity index is 446. The molecule has 1 aliphatic heterocycles. The van der Waals surface area contributed by atoms with Crippen LogP contribution in [0.15, 0.2) is 18.3 Å². The van der Waals surface area contributed by atoms with Crippen molar-refractivity contribution in [3.8, 4) is 0 Å². The Labute approximate surface area is 107 Å². The minimum Gasteiger partial charge on any atom is -0.383 e. The van der Waals surface area contributed by atoms with E-state index in [1.54, 1.807) is 18.3 Å². The van der Waals surface area contributed by atoms with E-state index in [9.17, 15) is 4.79 Å². The van der Waals surface area contributed by atoms with Gasteiger partial charge in [-0.1, -0.05) is 0 Å². The van der Waals surface area contributed by atoms with Crippen LogP contribution in [0, 0.1) is 0 Å². The molecule has 1 amide bonds. The Kier molecular flexibility index (Phi) is 3.52. The molecule has 0 bridgehead atoms. The van der Waals surface area contributed by atoms with E-state index < -0.39 is 0 Å². The second-order valence-electron chi connectivity index (χ2n) is 5.21. The van der Waals surface area contributed by atoms with Gasteiger partial charge in [0.2, 0.25) is 0 Å². The number of ether oxygens (including phenoxy) is 1. The molecule has 1 aromatic rings. The minimum atomic E-state index is -0.184. The van der Waals surface area contributed by atoms with Crippen molar-refractivity contribution in [2.75, 3.05) is 12.3 Å². The molecule has 1 unspecified atom stereocenters. The first-order valence-electron chi connectivity index (χ1n) is 6.13. The van der Waals surface area contributed by atoms with Gasteiger partial charge in [-0.05, 0) is 38.8 Å². The summed E-state index contributed by atoms with van der Waals surface area (Å²) in [5.74, 6) is 0.101. The Morgan fingerprint density at radius 2 is 2.39 bits per heavy atom. The molecule has 98 valence electrons. The van der Waals surface area contributed by atoms with Crippen molar-refractivity contribution < 1.29 is 9.53 Å². The average Bonchev–Trinajstić information content (AvgIpc) is 2.28. The Morgan fingerprint density at radius 3 is 3.06 bits per heavy atom. The Balaban J connectivity index is 2.02. The van der Waals surface area contributed by atoms with Gasteiger partial charge in [-0.25, -0.2) is 4.98 Å².